The van der Waals surface area contributed by atoms with Gasteiger partial charge in [0.1, 0.15) is 6.61 Å². The maximum atomic E-state index is 11.6. The monoisotopic (exact) mass is 409 g/mol. The molecule has 0 bridgehead atoms. The quantitative estimate of drug-likeness (QED) is 0.153. The molecular weight excluding hydrogens is 362 g/mol. The van der Waals surface area contributed by atoms with Crippen LogP contribution >= 0.6 is 0 Å². The van der Waals surface area contributed by atoms with Gasteiger partial charge < -0.3 is 9.47 Å². The van der Waals surface area contributed by atoms with Crippen LogP contribution in [0.2, 0.25) is 0 Å². The van der Waals surface area contributed by atoms with Crippen molar-refractivity contribution < 1.29 is 14.3 Å². The molecule has 4 heteroatoms. The molecule has 0 unspecified atom stereocenters. The zero-order valence-corrected chi connectivity index (χ0v) is 19.2. The molecule has 0 radical (unpaired) electrons. The van der Waals surface area contributed by atoms with E-state index in [0.29, 0.717) is 19.6 Å². The van der Waals surface area contributed by atoms with Crippen LogP contribution in [0.1, 0.15) is 135 Å². The zero-order chi connectivity index (χ0) is 20.8. The molecule has 0 atom stereocenters. The van der Waals surface area contributed by atoms with Crippen LogP contribution in [0.3, 0.4) is 0 Å². The number of rotatable bonds is 20. The lowest BCUT2D eigenvalue weighted by molar-refractivity contribution is -0.137. The largest absolute Gasteiger partial charge is 0.448 e. The number of aliphatic imine (C=N–C) groups is 1. The summed E-state index contributed by atoms with van der Waals surface area (Å²) in [5.74, 6) is -0.211. The van der Waals surface area contributed by atoms with E-state index in [2.05, 4.69) is 11.9 Å². The first kappa shape index (κ1) is 26.0. The zero-order valence-electron chi connectivity index (χ0n) is 19.2. The minimum atomic E-state index is -0.211. The fraction of sp³-hybridized carbons (Fsp3) is 0.920. The average Bonchev–Trinajstić information content (AvgIpc) is 3.22. The van der Waals surface area contributed by atoms with Gasteiger partial charge in [0.2, 0.25) is 0 Å². The number of ether oxygens (including phenoxy) is 2. The maximum Gasteiger partial charge on any atom is 0.391 e. The van der Waals surface area contributed by atoms with Crippen LogP contribution in [0.25, 0.3) is 0 Å². The van der Waals surface area contributed by atoms with Gasteiger partial charge in [-0.1, -0.05) is 122 Å². The Morgan fingerprint density at radius 2 is 1.14 bits per heavy atom. The number of nitrogens with zero attached hydrogens (tertiary/aromatic N) is 1. The molecule has 0 aromatic rings. The van der Waals surface area contributed by atoms with E-state index in [9.17, 15) is 4.79 Å². The molecule has 0 saturated heterocycles. The van der Waals surface area contributed by atoms with Crippen LogP contribution in [-0.4, -0.2) is 25.2 Å². The van der Waals surface area contributed by atoms with Gasteiger partial charge in [0.25, 0.3) is 0 Å². The number of carbonyl (C=O) groups excluding carboxylic acids is 1. The van der Waals surface area contributed by atoms with Crippen molar-refractivity contribution >= 4 is 12.1 Å². The Hall–Kier alpha value is -1.06. The van der Waals surface area contributed by atoms with E-state index in [0.717, 1.165) is 12.8 Å². The van der Waals surface area contributed by atoms with Gasteiger partial charge in [0, 0.05) is 6.42 Å². The van der Waals surface area contributed by atoms with Crippen LogP contribution in [-0.2, 0) is 14.3 Å². The third-order valence-corrected chi connectivity index (χ3v) is 5.74. The molecule has 0 aromatic carbocycles. The summed E-state index contributed by atoms with van der Waals surface area (Å²) >= 11 is 0. The third-order valence-electron chi connectivity index (χ3n) is 5.74. The Morgan fingerprint density at radius 1 is 0.724 bits per heavy atom. The minimum Gasteiger partial charge on any atom is -0.448 e. The van der Waals surface area contributed by atoms with Gasteiger partial charge in [-0.25, -0.2) is 4.99 Å². The lowest BCUT2D eigenvalue weighted by atomic mass is 10.0. The van der Waals surface area contributed by atoms with Gasteiger partial charge in [-0.2, -0.15) is 0 Å². The number of unbranched alkanes of at least 4 members (excludes halogenated alkanes) is 18. The average molecular weight is 410 g/mol. The summed E-state index contributed by atoms with van der Waals surface area (Å²) in [6.07, 6.45) is 26.5. The molecule has 1 rings (SSSR count). The molecule has 0 saturated carbocycles. The van der Waals surface area contributed by atoms with Gasteiger partial charge in [0.05, 0.1) is 6.54 Å². The van der Waals surface area contributed by atoms with Crippen molar-refractivity contribution in [2.45, 2.75) is 135 Å². The lowest BCUT2D eigenvalue weighted by Crippen LogP contribution is -2.12. The fourth-order valence-corrected chi connectivity index (χ4v) is 3.87. The first-order valence-electron chi connectivity index (χ1n) is 12.7. The second-order valence-corrected chi connectivity index (χ2v) is 8.58. The van der Waals surface area contributed by atoms with E-state index in [1.54, 1.807) is 0 Å². The van der Waals surface area contributed by atoms with Crippen LogP contribution in [0, 0.1) is 0 Å². The summed E-state index contributed by atoms with van der Waals surface area (Å²) in [5, 5.41) is 0. The third kappa shape index (κ3) is 17.5. The Balaban J connectivity index is 1.68. The molecule has 1 aliphatic rings. The molecule has 0 aliphatic carbocycles. The second kappa shape index (κ2) is 20.2. The molecule has 29 heavy (non-hydrogen) atoms. The molecular formula is C25H47NO3. The first-order valence-corrected chi connectivity index (χ1v) is 12.7. The molecule has 1 heterocycles. The van der Waals surface area contributed by atoms with Crippen molar-refractivity contribution in [3.05, 3.63) is 0 Å². The van der Waals surface area contributed by atoms with Crippen LogP contribution < -0.4 is 0 Å². The number of esters is 1. The normalized spacial score (nSPS) is 13.3. The molecule has 1 aliphatic heterocycles. The molecule has 0 N–H and O–H groups in total. The molecule has 170 valence electrons. The van der Waals surface area contributed by atoms with E-state index < -0.39 is 0 Å². The van der Waals surface area contributed by atoms with Crippen molar-refractivity contribution in [1.29, 1.82) is 0 Å². The Kier molecular flexibility index (Phi) is 18.1. The van der Waals surface area contributed by atoms with Gasteiger partial charge in [-0.15, -0.1) is 0 Å². The van der Waals surface area contributed by atoms with Crippen LogP contribution in [0.5, 0.6) is 0 Å². The van der Waals surface area contributed by atoms with Crippen molar-refractivity contribution in [2.75, 3.05) is 13.2 Å². The Morgan fingerprint density at radius 3 is 1.52 bits per heavy atom. The van der Waals surface area contributed by atoms with Crippen molar-refractivity contribution in [3.63, 3.8) is 0 Å². The summed E-state index contributed by atoms with van der Waals surface area (Å²) in [6, 6.07) is 0. The van der Waals surface area contributed by atoms with Gasteiger partial charge in [0.15, 0.2) is 0 Å². The molecule has 0 aromatic heterocycles. The Labute approximate surface area is 180 Å². The van der Waals surface area contributed by atoms with Crippen molar-refractivity contribution in [2.24, 2.45) is 4.99 Å². The highest BCUT2D eigenvalue weighted by atomic mass is 16.7. The summed E-state index contributed by atoms with van der Waals surface area (Å²) in [5.41, 5.74) is 0. The van der Waals surface area contributed by atoms with E-state index >= 15 is 0 Å². The molecule has 0 spiro atoms. The fourth-order valence-electron chi connectivity index (χ4n) is 3.87. The molecule has 4 nitrogen and oxygen atoms in total. The topological polar surface area (TPSA) is 47.9 Å². The van der Waals surface area contributed by atoms with Crippen molar-refractivity contribution in [3.8, 4) is 0 Å². The van der Waals surface area contributed by atoms with Crippen molar-refractivity contribution in [1.82, 2.24) is 0 Å². The highest BCUT2D eigenvalue weighted by Crippen LogP contribution is 2.15. The number of carbonyl (C=O) groups is 1. The Bertz CT molecular complexity index is 409. The van der Waals surface area contributed by atoms with Gasteiger partial charge in [-0.3, -0.25) is 4.79 Å². The SMILES string of the molecule is CCCCCCCCCCCCCCCCCCCCCC(=O)OC1=NCCO1. The summed E-state index contributed by atoms with van der Waals surface area (Å²) < 4.78 is 10.1. The number of hydrogen-bond donors (Lipinski definition) is 0. The second-order valence-electron chi connectivity index (χ2n) is 8.58. The van der Waals surface area contributed by atoms with E-state index in [1.165, 1.54) is 109 Å². The predicted molar refractivity (Wildman–Crippen MR) is 122 cm³/mol. The minimum absolute atomic E-state index is 0.160. The van der Waals surface area contributed by atoms with Gasteiger partial charge >= 0.3 is 12.1 Å². The van der Waals surface area contributed by atoms with Gasteiger partial charge in [-0.05, 0) is 6.42 Å². The molecule has 0 fully saturated rings. The standard InChI is InChI=1S/C25H47NO3/c1-2-3-4-5-6-7-8-9-10-11-12-13-14-15-16-17-18-19-20-21-24(27)29-25-26-22-23-28-25/h2-23H2,1H3. The van der Waals surface area contributed by atoms with Crippen LogP contribution in [0.4, 0.5) is 0 Å². The molecule has 0 amide bonds. The maximum absolute atomic E-state index is 11.6. The number of hydrogen-bond acceptors (Lipinski definition) is 4. The smallest absolute Gasteiger partial charge is 0.391 e. The van der Waals surface area contributed by atoms with E-state index in [-0.39, 0.29) is 12.1 Å². The summed E-state index contributed by atoms with van der Waals surface area (Å²) in [7, 11) is 0. The first-order chi connectivity index (χ1) is 14.3. The lowest BCUT2D eigenvalue weighted by Gasteiger charge is -2.04. The summed E-state index contributed by atoms with van der Waals surface area (Å²) in [6.45, 7) is 3.41. The van der Waals surface area contributed by atoms with E-state index in [4.69, 9.17) is 9.47 Å². The highest BCUT2D eigenvalue weighted by Gasteiger charge is 2.13. The highest BCUT2D eigenvalue weighted by molar-refractivity contribution is 5.84. The van der Waals surface area contributed by atoms with E-state index in [1.807, 2.05) is 0 Å². The van der Waals surface area contributed by atoms with Crippen LogP contribution in [0.15, 0.2) is 4.99 Å². The summed E-state index contributed by atoms with van der Waals surface area (Å²) in [4.78, 5) is 15.6. The predicted octanol–water partition coefficient (Wildman–Crippen LogP) is 7.74.